The Bertz CT molecular complexity index is 1410. The number of ether oxygens (including phenoxy) is 1. The van der Waals surface area contributed by atoms with E-state index in [1.807, 2.05) is 6.07 Å². The van der Waals surface area contributed by atoms with Crippen molar-refractivity contribution >= 4 is 11.8 Å². The van der Waals surface area contributed by atoms with E-state index in [0.717, 1.165) is 11.6 Å². The monoisotopic (exact) mass is 511 g/mol. The molecule has 2 bridgehead atoms. The van der Waals surface area contributed by atoms with Gasteiger partial charge in [-0.15, -0.1) is 0 Å². The number of benzene rings is 2. The number of alkyl halides is 1. The molecule has 192 valence electrons. The highest BCUT2D eigenvalue weighted by Crippen LogP contribution is 2.34. The van der Waals surface area contributed by atoms with Crippen molar-refractivity contribution in [1.29, 1.82) is 0 Å². The van der Waals surface area contributed by atoms with Gasteiger partial charge in [0.15, 0.2) is 11.4 Å². The maximum absolute atomic E-state index is 15.1. The highest BCUT2D eigenvalue weighted by atomic mass is 19.1. The van der Waals surface area contributed by atoms with Crippen molar-refractivity contribution in [2.24, 2.45) is 0 Å². The summed E-state index contributed by atoms with van der Waals surface area (Å²) in [7, 11) is 0. The van der Waals surface area contributed by atoms with Crippen LogP contribution in [0.5, 0.6) is 5.75 Å². The Morgan fingerprint density at radius 3 is 2.65 bits per heavy atom. The molecule has 2 unspecified atom stereocenters. The zero-order valence-electron chi connectivity index (χ0n) is 19.8. The van der Waals surface area contributed by atoms with Gasteiger partial charge in [-0.05, 0) is 24.5 Å². The van der Waals surface area contributed by atoms with Crippen LogP contribution in [0.1, 0.15) is 50.9 Å². The number of hydrogen-bond donors (Lipinski definition) is 1. The van der Waals surface area contributed by atoms with Gasteiger partial charge in [0.25, 0.3) is 11.8 Å². The molecule has 0 radical (unpaired) electrons. The predicted molar refractivity (Wildman–Crippen MR) is 128 cm³/mol. The van der Waals surface area contributed by atoms with Crippen LogP contribution >= 0.6 is 0 Å². The molecule has 3 aromatic rings. The van der Waals surface area contributed by atoms with Crippen molar-refractivity contribution in [3.8, 4) is 5.75 Å². The van der Waals surface area contributed by atoms with Gasteiger partial charge in [0.1, 0.15) is 30.0 Å². The lowest BCUT2D eigenvalue weighted by atomic mass is 10.0. The van der Waals surface area contributed by atoms with E-state index in [0.29, 0.717) is 19.0 Å². The van der Waals surface area contributed by atoms with E-state index in [9.17, 15) is 23.2 Å². The SMILES string of the molecule is O=C(NCc1ccc(F)cc1F)c1cn2c(c(OCc3ccccc3)c1=O)C(=O)N1CCCC(F)C2C1. The second-order valence-electron chi connectivity index (χ2n) is 9.13. The number of amides is 2. The minimum absolute atomic E-state index is 0.0202. The molecule has 37 heavy (non-hydrogen) atoms. The molecule has 2 aliphatic heterocycles. The topological polar surface area (TPSA) is 80.6 Å². The summed E-state index contributed by atoms with van der Waals surface area (Å²) in [5.74, 6) is -3.26. The summed E-state index contributed by atoms with van der Waals surface area (Å²) < 4.78 is 49.6. The summed E-state index contributed by atoms with van der Waals surface area (Å²) in [6, 6.07) is 11.1. The fourth-order valence-corrected chi connectivity index (χ4v) is 4.74. The van der Waals surface area contributed by atoms with Crippen molar-refractivity contribution in [3.05, 3.63) is 99.0 Å². The number of halogens is 3. The Hall–Kier alpha value is -4.08. The highest BCUT2D eigenvalue weighted by Gasteiger charge is 2.41. The van der Waals surface area contributed by atoms with Crippen LogP contribution < -0.4 is 15.5 Å². The largest absolute Gasteiger partial charge is 0.483 e. The molecule has 2 amide bonds. The van der Waals surface area contributed by atoms with Crippen LogP contribution in [0.2, 0.25) is 0 Å². The molecule has 5 rings (SSSR count). The first kappa shape index (κ1) is 24.6. The van der Waals surface area contributed by atoms with Gasteiger partial charge in [0, 0.05) is 37.5 Å². The van der Waals surface area contributed by atoms with Crippen LogP contribution in [0.25, 0.3) is 0 Å². The lowest BCUT2D eigenvalue weighted by Gasteiger charge is -2.35. The molecule has 1 aromatic heterocycles. The van der Waals surface area contributed by atoms with E-state index in [-0.39, 0.29) is 48.7 Å². The zero-order chi connectivity index (χ0) is 26.1. The maximum Gasteiger partial charge on any atom is 0.274 e. The minimum Gasteiger partial charge on any atom is -0.483 e. The summed E-state index contributed by atoms with van der Waals surface area (Å²) in [5.41, 5.74) is -0.545. The predicted octanol–water partition coefficient (Wildman–Crippen LogP) is 3.76. The van der Waals surface area contributed by atoms with Gasteiger partial charge in [-0.3, -0.25) is 14.4 Å². The normalized spacial score (nSPS) is 18.7. The molecule has 2 aliphatic rings. The van der Waals surface area contributed by atoms with Crippen LogP contribution in [0, 0.1) is 11.6 Å². The molecule has 2 aromatic carbocycles. The minimum atomic E-state index is -1.30. The number of carbonyl (C=O) groups is 2. The molecular weight excluding hydrogens is 487 g/mol. The van der Waals surface area contributed by atoms with E-state index in [2.05, 4.69) is 5.32 Å². The van der Waals surface area contributed by atoms with E-state index in [4.69, 9.17) is 4.74 Å². The van der Waals surface area contributed by atoms with Crippen LogP contribution in [0.4, 0.5) is 13.2 Å². The van der Waals surface area contributed by atoms with Crippen LogP contribution in [-0.2, 0) is 13.2 Å². The number of nitrogens with zero attached hydrogens (tertiary/aromatic N) is 2. The molecule has 3 heterocycles. The number of pyridine rings is 1. The Balaban J connectivity index is 1.54. The van der Waals surface area contributed by atoms with Gasteiger partial charge in [-0.2, -0.15) is 0 Å². The Labute approximate surface area is 210 Å². The molecule has 0 spiro atoms. The van der Waals surface area contributed by atoms with Crippen LogP contribution in [0.15, 0.2) is 59.5 Å². The van der Waals surface area contributed by atoms with Gasteiger partial charge in [-0.25, -0.2) is 13.2 Å². The Morgan fingerprint density at radius 1 is 1.11 bits per heavy atom. The lowest BCUT2D eigenvalue weighted by Crippen LogP contribution is -2.46. The molecule has 7 nitrogen and oxygen atoms in total. The summed E-state index contributed by atoms with van der Waals surface area (Å²) in [6.45, 7) is 0.101. The Kier molecular flexibility index (Phi) is 6.73. The standard InChI is InChI=1S/C27H24F3N3O4/c28-18-9-8-17(21(30)11-18)12-31-26(35)19-13-33-22-14-32(10-4-7-20(22)29)27(36)23(33)25(24(19)34)37-15-16-5-2-1-3-6-16/h1-3,5-6,8-9,11,13,20,22H,4,7,10,12,14-15H2,(H,31,35). The first-order chi connectivity index (χ1) is 17.8. The smallest absolute Gasteiger partial charge is 0.274 e. The average Bonchev–Trinajstić information content (AvgIpc) is 3.06. The number of nitrogens with one attached hydrogen (secondary N) is 1. The molecular formula is C27H24F3N3O4. The molecule has 2 atom stereocenters. The summed E-state index contributed by atoms with van der Waals surface area (Å²) in [4.78, 5) is 41.4. The van der Waals surface area contributed by atoms with Crippen molar-refractivity contribution in [3.63, 3.8) is 0 Å². The average molecular weight is 512 g/mol. The number of rotatable bonds is 6. The number of fused-ring (bicyclic) bond motifs is 4. The fourth-order valence-electron chi connectivity index (χ4n) is 4.74. The molecule has 0 aliphatic carbocycles. The zero-order valence-corrected chi connectivity index (χ0v) is 19.8. The quantitative estimate of drug-likeness (QED) is 0.547. The number of aromatic nitrogens is 1. The fraction of sp³-hybridized carbons (Fsp3) is 0.296. The summed E-state index contributed by atoms with van der Waals surface area (Å²) in [6.07, 6.45) is 0.580. The van der Waals surface area contributed by atoms with E-state index < -0.39 is 41.1 Å². The second kappa shape index (κ2) is 10.1. The summed E-state index contributed by atoms with van der Waals surface area (Å²) in [5, 5.41) is 2.46. The van der Waals surface area contributed by atoms with E-state index in [1.165, 1.54) is 21.7 Å². The second-order valence-corrected chi connectivity index (χ2v) is 9.13. The number of hydrogen-bond acceptors (Lipinski definition) is 4. The van der Waals surface area contributed by atoms with Crippen molar-refractivity contribution in [2.45, 2.75) is 38.2 Å². The number of carbonyl (C=O) groups excluding carboxylic acids is 2. The van der Waals surface area contributed by atoms with Gasteiger partial charge < -0.3 is 19.5 Å². The Morgan fingerprint density at radius 2 is 1.89 bits per heavy atom. The third-order valence-electron chi connectivity index (χ3n) is 6.70. The van der Waals surface area contributed by atoms with Gasteiger partial charge >= 0.3 is 0 Å². The molecule has 1 saturated heterocycles. The third-order valence-corrected chi connectivity index (χ3v) is 6.70. The van der Waals surface area contributed by atoms with Gasteiger partial charge in [-0.1, -0.05) is 36.4 Å². The van der Waals surface area contributed by atoms with E-state index in [1.54, 1.807) is 24.3 Å². The van der Waals surface area contributed by atoms with Crippen molar-refractivity contribution in [2.75, 3.05) is 13.1 Å². The van der Waals surface area contributed by atoms with Gasteiger partial charge in [0.2, 0.25) is 5.43 Å². The first-order valence-corrected chi connectivity index (χ1v) is 11.9. The van der Waals surface area contributed by atoms with Crippen LogP contribution in [-0.4, -0.2) is 40.5 Å². The molecule has 1 N–H and O–H groups in total. The lowest BCUT2D eigenvalue weighted by molar-refractivity contribution is 0.0641. The third kappa shape index (κ3) is 4.83. The van der Waals surface area contributed by atoms with Gasteiger partial charge in [0.05, 0.1) is 6.04 Å². The van der Waals surface area contributed by atoms with E-state index >= 15 is 4.39 Å². The molecule has 1 fully saturated rings. The summed E-state index contributed by atoms with van der Waals surface area (Å²) >= 11 is 0. The van der Waals surface area contributed by atoms with Crippen LogP contribution in [0.3, 0.4) is 0 Å². The van der Waals surface area contributed by atoms with Crippen molar-refractivity contribution < 1.29 is 27.5 Å². The maximum atomic E-state index is 15.1. The molecule has 10 heteroatoms. The molecule has 0 saturated carbocycles. The van der Waals surface area contributed by atoms with Crippen molar-refractivity contribution in [1.82, 2.24) is 14.8 Å². The first-order valence-electron chi connectivity index (χ1n) is 11.9. The highest BCUT2D eigenvalue weighted by molar-refractivity contribution is 5.99.